The van der Waals surface area contributed by atoms with Gasteiger partial charge < -0.3 is 4.57 Å². The second kappa shape index (κ2) is 14.7. The van der Waals surface area contributed by atoms with Gasteiger partial charge in [-0.25, -0.2) is 4.98 Å². The molecule has 0 radical (unpaired) electrons. The molecule has 0 unspecified atom stereocenters. The molecule has 0 amide bonds. The van der Waals surface area contributed by atoms with Crippen molar-refractivity contribution in [3.8, 4) is 67.8 Å². The Morgan fingerprint density at radius 3 is 1.42 bits per heavy atom. The molecule has 0 N–H and O–H groups in total. The highest BCUT2D eigenvalue weighted by atomic mass is 15.2. The summed E-state index contributed by atoms with van der Waals surface area (Å²) in [6, 6.07) is 79.1. The van der Waals surface area contributed by atoms with Crippen molar-refractivity contribution < 1.29 is 0 Å². The molecule has 0 aliphatic carbocycles. The Morgan fingerprint density at radius 2 is 0.742 bits per heavy atom. The number of para-hydroxylation sites is 3. The van der Waals surface area contributed by atoms with E-state index in [2.05, 4.69) is 221 Å². The van der Waals surface area contributed by atoms with Crippen LogP contribution in [-0.2, 0) is 0 Å². The Hall–Kier alpha value is -8.41. The molecule has 12 aromatic rings. The largest absolute Gasteiger partial charge is 0.307 e. The van der Waals surface area contributed by atoms with Crippen LogP contribution in [0.3, 0.4) is 0 Å². The third kappa shape index (κ3) is 5.82. The van der Waals surface area contributed by atoms with Gasteiger partial charge in [-0.15, -0.1) is 0 Å². The lowest BCUT2D eigenvalue weighted by atomic mass is 9.99. The lowest BCUT2D eigenvalue weighted by molar-refractivity contribution is 0.953. The Kier molecular flexibility index (Phi) is 8.42. The monoisotopic (exact) mass is 791 g/mol. The maximum atomic E-state index is 5.50. The number of nitrogens with zero attached hydrogens (tertiary/aromatic N) is 5. The molecule has 290 valence electrons. The van der Waals surface area contributed by atoms with E-state index in [1.165, 1.54) is 5.39 Å². The molecule has 3 aromatic heterocycles. The Balaban J connectivity index is 1.21. The molecule has 62 heavy (non-hydrogen) atoms. The highest BCUT2D eigenvalue weighted by molar-refractivity contribution is 6.24. The molecule has 0 saturated carbocycles. The van der Waals surface area contributed by atoms with Crippen LogP contribution in [0.4, 0.5) is 0 Å². The fourth-order valence-corrected chi connectivity index (χ4v) is 9.22. The maximum absolute atomic E-state index is 5.50. The first-order valence-electron chi connectivity index (χ1n) is 21.0. The molecule has 9 aromatic carbocycles. The van der Waals surface area contributed by atoms with Gasteiger partial charge in [0.25, 0.3) is 0 Å². The van der Waals surface area contributed by atoms with E-state index in [1.54, 1.807) is 0 Å². The van der Waals surface area contributed by atoms with Gasteiger partial charge in [0.2, 0.25) is 5.95 Å². The van der Waals surface area contributed by atoms with Crippen molar-refractivity contribution in [3.05, 3.63) is 224 Å². The number of rotatable bonds is 7. The number of aromatic nitrogens is 5. The van der Waals surface area contributed by atoms with Crippen molar-refractivity contribution in [2.24, 2.45) is 0 Å². The maximum Gasteiger partial charge on any atom is 0.238 e. The number of benzene rings is 9. The quantitative estimate of drug-likeness (QED) is 0.162. The zero-order valence-corrected chi connectivity index (χ0v) is 33.6. The van der Waals surface area contributed by atoms with Crippen molar-refractivity contribution in [2.75, 3.05) is 0 Å². The second-order valence-electron chi connectivity index (χ2n) is 15.6. The molecule has 3 heterocycles. The zero-order valence-electron chi connectivity index (χ0n) is 33.6. The number of fused-ring (bicyclic) bond motifs is 7. The van der Waals surface area contributed by atoms with Gasteiger partial charge in [0.15, 0.2) is 11.6 Å². The van der Waals surface area contributed by atoms with E-state index in [1.807, 2.05) is 12.1 Å². The van der Waals surface area contributed by atoms with Gasteiger partial charge >= 0.3 is 0 Å². The lowest BCUT2D eigenvalue weighted by Crippen LogP contribution is -2.08. The van der Waals surface area contributed by atoms with Gasteiger partial charge in [-0.3, -0.25) is 4.57 Å². The molecule has 12 rings (SSSR count). The molecule has 0 spiro atoms. The molecule has 5 nitrogen and oxygen atoms in total. The summed E-state index contributed by atoms with van der Waals surface area (Å²) in [7, 11) is 0. The molecular formula is C57H37N5. The Morgan fingerprint density at radius 1 is 0.274 bits per heavy atom. The summed E-state index contributed by atoms with van der Waals surface area (Å²) < 4.78 is 4.72. The summed E-state index contributed by atoms with van der Waals surface area (Å²) in [6.07, 6.45) is 0. The summed E-state index contributed by atoms with van der Waals surface area (Å²) in [4.78, 5) is 16.3. The van der Waals surface area contributed by atoms with E-state index in [4.69, 9.17) is 15.0 Å². The summed E-state index contributed by atoms with van der Waals surface area (Å²) in [5, 5.41) is 4.57. The normalized spacial score (nSPS) is 11.5. The smallest absolute Gasteiger partial charge is 0.238 e. The first-order chi connectivity index (χ1) is 30.8. The van der Waals surface area contributed by atoms with Crippen LogP contribution in [-0.4, -0.2) is 24.1 Å². The molecular weight excluding hydrogens is 755 g/mol. The van der Waals surface area contributed by atoms with Crippen molar-refractivity contribution in [2.45, 2.75) is 0 Å². The fourth-order valence-electron chi connectivity index (χ4n) is 9.22. The molecule has 0 aliphatic rings. The van der Waals surface area contributed by atoms with Crippen LogP contribution in [0.1, 0.15) is 0 Å². The number of hydrogen-bond acceptors (Lipinski definition) is 3. The SMILES string of the molecule is c1ccc(-c2cccc(-c3nc(-c4ccccc4-c4ccccc4)nc(-n4c5ccccc5c5ccc6c7ccccc7n(-c7ccccc7-c7ccccc7)c6c54)n3)c2)cc1. The molecule has 0 fully saturated rings. The van der Waals surface area contributed by atoms with E-state index in [0.29, 0.717) is 17.6 Å². The van der Waals surface area contributed by atoms with E-state index >= 15 is 0 Å². The second-order valence-corrected chi connectivity index (χ2v) is 15.6. The van der Waals surface area contributed by atoms with Crippen molar-refractivity contribution in [1.82, 2.24) is 24.1 Å². The fraction of sp³-hybridized carbons (Fsp3) is 0. The third-order valence-electron chi connectivity index (χ3n) is 12.0. The topological polar surface area (TPSA) is 48.5 Å². The van der Waals surface area contributed by atoms with Crippen LogP contribution >= 0.6 is 0 Å². The zero-order chi connectivity index (χ0) is 41.0. The molecule has 0 atom stereocenters. The van der Waals surface area contributed by atoms with Gasteiger partial charge in [0.1, 0.15) is 0 Å². The first-order valence-corrected chi connectivity index (χ1v) is 21.0. The van der Waals surface area contributed by atoms with E-state index < -0.39 is 0 Å². The summed E-state index contributed by atoms with van der Waals surface area (Å²) >= 11 is 0. The van der Waals surface area contributed by atoms with Crippen LogP contribution < -0.4 is 0 Å². The summed E-state index contributed by atoms with van der Waals surface area (Å²) in [5.41, 5.74) is 13.9. The minimum absolute atomic E-state index is 0.546. The van der Waals surface area contributed by atoms with Crippen LogP contribution in [0.15, 0.2) is 224 Å². The summed E-state index contributed by atoms with van der Waals surface area (Å²) in [5.74, 6) is 1.74. The molecule has 0 bridgehead atoms. The Bertz CT molecular complexity index is 3620. The van der Waals surface area contributed by atoms with Gasteiger partial charge in [0, 0.05) is 38.2 Å². The first kappa shape index (κ1) is 35.5. The Labute approximate surface area is 358 Å². The van der Waals surface area contributed by atoms with Gasteiger partial charge in [-0.2, -0.15) is 9.97 Å². The lowest BCUT2D eigenvalue weighted by Gasteiger charge is -2.16. The highest BCUT2D eigenvalue weighted by Crippen LogP contribution is 2.43. The van der Waals surface area contributed by atoms with Crippen LogP contribution in [0.5, 0.6) is 0 Å². The van der Waals surface area contributed by atoms with Crippen LogP contribution in [0.2, 0.25) is 0 Å². The molecule has 0 aliphatic heterocycles. The standard InChI is InChI=1S/C57H37N5/c1-4-19-38(20-5-1)41-25-18-26-42(37-41)55-58-56(49-31-11-10-27-43(49)39-21-6-2-7-22-39)60-57(59-55)62-52-34-17-14-30-46(52)48-36-35-47-45-29-13-16-33-51(45)61(53(47)54(48)62)50-32-15-12-28-44(50)40-23-8-3-9-24-40/h1-37H. The third-order valence-corrected chi connectivity index (χ3v) is 12.0. The molecule has 5 heteroatoms. The number of hydrogen-bond donors (Lipinski definition) is 0. The predicted molar refractivity (Wildman–Crippen MR) is 256 cm³/mol. The minimum atomic E-state index is 0.546. The van der Waals surface area contributed by atoms with Crippen molar-refractivity contribution in [1.29, 1.82) is 0 Å². The average Bonchev–Trinajstić information content (AvgIpc) is 3.88. The van der Waals surface area contributed by atoms with Gasteiger partial charge in [0.05, 0.1) is 27.8 Å². The van der Waals surface area contributed by atoms with Gasteiger partial charge in [-0.1, -0.05) is 200 Å². The van der Waals surface area contributed by atoms with Gasteiger partial charge in [-0.05, 0) is 52.1 Å². The minimum Gasteiger partial charge on any atom is -0.307 e. The average molecular weight is 792 g/mol. The van der Waals surface area contributed by atoms with Crippen LogP contribution in [0, 0.1) is 0 Å². The highest BCUT2D eigenvalue weighted by Gasteiger charge is 2.25. The van der Waals surface area contributed by atoms with Crippen molar-refractivity contribution >= 4 is 43.6 Å². The predicted octanol–water partition coefficient (Wildman–Crippen LogP) is 14.4. The van der Waals surface area contributed by atoms with E-state index in [9.17, 15) is 0 Å². The van der Waals surface area contributed by atoms with Crippen LogP contribution in [0.25, 0.3) is 111 Å². The van der Waals surface area contributed by atoms with E-state index in [0.717, 1.165) is 88.4 Å². The molecule has 0 saturated heterocycles. The van der Waals surface area contributed by atoms with E-state index in [-0.39, 0.29) is 0 Å². The van der Waals surface area contributed by atoms with Crippen molar-refractivity contribution in [3.63, 3.8) is 0 Å². The summed E-state index contributed by atoms with van der Waals surface area (Å²) in [6.45, 7) is 0.